The zero-order chi connectivity index (χ0) is 23.2. The first kappa shape index (κ1) is 23.1. The van der Waals surface area contributed by atoms with E-state index in [0.717, 1.165) is 32.7 Å². The summed E-state index contributed by atoms with van der Waals surface area (Å²) in [7, 11) is 1.64. The predicted octanol–water partition coefficient (Wildman–Crippen LogP) is 5.34. The van der Waals surface area contributed by atoms with Crippen LogP contribution in [0.25, 0.3) is 11.4 Å². The average Bonchev–Trinajstić information content (AvgIpc) is 3.52. The molecular formula is C25H26N4O2S2. The Hall–Kier alpha value is -3.10. The van der Waals surface area contributed by atoms with E-state index in [-0.39, 0.29) is 17.7 Å². The normalized spacial score (nSPS) is 11.8. The molecular weight excluding hydrogens is 452 g/mol. The van der Waals surface area contributed by atoms with E-state index in [2.05, 4.69) is 52.8 Å². The number of thioether (sulfide) groups is 1. The Kier molecular flexibility index (Phi) is 7.47. The molecule has 1 unspecified atom stereocenters. The predicted molar refractivity (Wildman–Crippen MR) is 134 cm³/mol. The molecule has 1 atom stereocenters. The fourth-order valence-electron chi connectivity index (χ4n) is 3.50. The van der Waals surface area contributed by atoms with Gasteiger partial charge in [-0.1, -0.05) is 47.7 Å². The lowest BCUT2D eigenvalue weighted by Crippen LogP contribution is -2.30. The Bertz CT molecular complexity index is 1190. The van der Waals surface area contributed by atoms with Crippen molar-refractivity contribution in [1.29, 1.82) is 0 Å². The molecule has 0 aliphatic rings. The molecule has 2 aromatic heterocycles. The van der Waals surface area contributed by atoms with Gasteiger partial charge in [-0.05, 0) is 55.1 Å². The van der Waals surface area contributed by atoms with Crippen LogP contribution in [0.2, 0.25) is 0 Å². The molecule has 0 aliphatic heterocycles. The summed E-state index contributed by atoms with van der Waals surface area (Å²) in [5.74, 6) is 1.78. The summed E-state index contributed by atoms with van der Waals surface area (Å²) >= 11 is 3.03. The number of methoxy groups -OCH3 is 1. The van der Waals surface area contributed by atoms with Gasteiger partial charge in [0.25, 0.3) is 0 Å². The summed E-state index contributed by atoms with van der Waals surface area (Å²) in [5.41, 5.74) is 3.22. The van der Waals surface area contributed by atoms with Gasteiger partial charge in [0.05, 0.1) is 18.9 Å². The number of aromatic nitrogens is 3. The van der Waals surface area contributed by atoms with Crippen molar-refractivity contribution in [1.82, 2.24) is 20.1 Å². The van der Waals surface area contributed by atoms with Crippen LogP contribution in [0.5, 0.6) is 5.75 Å². The summed E-state index contributed by atoms with van der Waals surface area (Å²) in [6.45, 7) is 4.81. The fourth-order valence-corrected chi connectivity index (χ4v) is 5.12. The second kappa shape index (κ2) is 10.7. The van der Waals surface area contributed by atoms with Gasteiger partial charge in [-0.3, -0.25) is 4.79 Å². The number of hydrogen-bond acceptors (Lipinski definition) is 6. The van der Waals surface area contributed by atoms with Crippen LogP contribution in [0.4, 0.5) is 0 Å². The van der Waals surface area contributed by atoms with E-state index < -0.39 is 0 Å². The molecule has 0 radical (unpaired) electrons. The van der Waals surface area contributed by atoms with Crippen LogP contribution in [0.15, 0.2) is 71.2 Å². The monoisotopic (exact) mass is 478 g/mol. The zero-order valence-corrected chi connectivity index (χ0v) is 20.5. The molecule has 1 amide bonds. The van der Waals surface area contributed by atoms with Crippen LogP contribution in [-0.2, 0) is 11.3 Å². The standard InChI is InChI=1S/C25H26N4O2S2/c1-4-29-24(19-11-13-20(31-3)14-12-19)27-28-25(29)33-16-22(30)26-23(21-6-5-15-32-21)18-9-7-17(2)8-10-18/h5-15,23H,4,16H2,1-3H3,(H,26,30). The minimum atomic E-state index is -0.169. The Labute approximate surface area is 202 Å². The SMILES string of the molecule is CCn1c(SCC(=O)NC(c2ccc(C)cc2)c2cccs2)nnc1-c1ccc(OC)cc1. The van der Waals surface area contributed by atoms with Crippen LogP contribution in [0, 0.1) is 6.92 Å². The third-order valence-corrected chi connectivity index (χ3v) is 7.16. The average molecular weight is 479 g/mol. The molecule has 0 spiro atoms. The second-order valence-corrected chi connectivity index (χ2v) is 9.42. The molecule has 1 N–H and O–H groups in total. The number of aryl methyl sites for hydroxylation is 1. The van der Waals surface area contributed by atoms with E-state index >= 15 is 0 Å². The highest BCUT2D eigenvalue weighted by molar-refractivity contribution is 7.99. The summed E-state index contributed by atoms with van der Waals surface area (Å²) in [6.07, 6.45) is 0. The first-order valence-corrected chi connectivity index (χ1v) is 12.5. The largest absolute Gasteiger partial charge is 0.497 e. The first-order chi connectivity index (χ1) is 16.1. The Morgan fingerprint density at radius 1 is 1.12 bits per heavy atom. The van der Waals surface area contributed by atoms with Gasteiger partial charge >= 0.3 is 0 Å². The highest BCUT2D eigenvalue weighted by Gasteiger charge is 2.20. The number of nitrogens with zero attached hydrogens (tertiary/aromatic N) is 3. The van der Waals surface area contributed by atoms with E-state index in [1.54, 1.807) is 18.4 Å². The van der Waals surface area contributed by atoms with Gasteiger partial charge in [0.15, 0.2) is 11.0 Å². The van der Waals surface area contributed by atoms with Gasteiger partial charge in [0.2, 0.25) is 5.91 Å². The first-order valence-electron chi connectivity index (χ1n) is 10.7. The van der Waals surface area contributed by atoms with Crippen LogP contribution in [0.3, 0.4) is 0 Å². The Morgan fingerprint density at radius 2 is 1.88 bits per heavy atom. The zero-order valence-electron chi connectivity index (χ0n) is 18.8. The molecule has 4 aromatic rings. The molecule has 6 nitrogen and oxygen atoms in total. The summed E-state index contributed by atoms with van der Waals surface area (Å²) in [6, 6.07) is 19.9. The highest BCUT2D eigenvalue weighted by atomic mass is 32.2. The minimum Gasteiger partial charge on any atom is -0.497 e. The van der Waals surface area contributed by atoms with E-state index in [1.807, 2.05) is 47.2 Å². The minimum absolute atomic E-state index is 0.0457. The lowest BCUT2D eigenvalue weighted by molar-refractivity contribution is -0.119. The smallest absolute Gasteiger partial charge is 0.231 e. The molecule has 0 fully saturated rings. The number of hydrogen-bond donors (Lipinski definition) is 1. The van der Waals surface area contributed by atoms with E-state index in [9.17, 15) is 4.79 Å². The maximum atomic E-state index is 12.9. The summed E-state index contributed by atoms with van der Waals surface area (Å²) < 4.78 is 7.26. The molecule has 2 aromatic carbocycles. The van der Waals surface area contributed by atoms with Crippen molar-refractivity contribution in [3.05, 3.63) is 82.0 Å². The van der Waals surface area contributed by atoms with Crippen molar-refractivity contribution in [2.24, 2.45) is 0 Å². The second-order valence-electron chi connectivity index (χ2n) is 7.49. The van der Waals surface area contributed by atoms with Gasteiger partial charge < -0.3 is 14.6 Å². The molecule has 170 valence electrons. The van der Waals surface area contributed by atoms with Crippen LogP contribution >= 0.6 is 23.1 Å². The van der Waals surface area contributed by atoms with E-state index in [1.165, 1.54) is 17.3 Å². The Balaban J connectivity index is 1.46. The number of thiophene rings is 1. The third kappa shape index (κ3) is 5.46. The molecule has 0 aliphatic carbocycles. The number of benzene rings is 2. The number of ether oxygens (including phenoxy) is 1. The molecule has 0 saturated carbocycles. The fraction of sp³-hybridized carbons (Fsp3) is 0.240. The number of rotatable bonds is 9. The van der Waals surface area contributed by atoms with Crippen molar-refractivity contribution in [2.45, 2.75) is 31.6 Å². The Morgan fingerprint density at radius 3 is 2.52 bits per heavy atom. The van der Waals surface area contributed by atoms with E-state index in [0.29, 0.717) is 6.54 Å². The number of carbonyl (C=O) groups excluding carboxylic acids is 1. The molecule has 33 heavy (non-hydrogen) atoms. The molecule has 2 heterocycles. The third-order valence-electron chi connectivity index (χ3n) is 5.26. The highest BCUT2D eigenvalue weighted by Crippen LogP contribution is 2.28. The van der Waals surface area contributed by atoms with Crippen molar-refractivity contribution < 1.29 is 9.53 Å². The van der Waals surface area contributed by atoms with Crippen molar-refractivity contribution >= 4 is 29.0 Å². The van der Waals surface area contributed by atoms with Gasteiger partial charge in [-0.2, -0.15) is 0 Å². The molecule has 4 rings (SSSR count). The van der Waals surface area contributed by atoms with Crippen molar-refractivity contribution in [3.8, 4) is 17.1 Å². The number of carbonyl (C=O) groups is 1. The summed E-state index contributed by atoms with van der Waals surface area (Å²) in [5, 5.41) is 14.7. The quantitative estimate of drug-likeness (QED) is 0.329. The van der Waals surface area contributed by atoms with Crippen LogP contribution in [-0.4, -0.2) is 33.5 Å². The van der Waals surface area contributed by atoms with Crippen LogP contribution < -0.4 is 10.1 Å². The maximum absolute atomic E-state index is 12.9. The topological polar surface area (TPSA) is 69.0 Å². The van der Waals surface area contributed by atoms with Gasteiger partial charge in [0, 0.05) is 17.0 Å². The lowest BCUT2D eigenvalue weighted by Gasteiger charge is -2.18. The van der Waals surface area contributed by atoms with E-state index in [4.69, 9.17) is 4.74 Å². The van der Waals surface area contributed by atoms with Crippen LogP contribution in [0.1, 0.15) is 29.0 Å². The molecule has 8 heteroatoms. The van der Waals surface area contributed by atoms with Crippen molar-refractivity contribution in [2.75, 3.05) is 12.9 Å². The summed E-state index contributed by atoms with van der Waals surface area (Å²) in [4.78, 5) is 14.0. The van der Waals surface area contributed by atoms with Crippen molar-refractivity contribution in [3.63, 3.8) is 0 Å². The maximum Gasteiger partial charge on any atom is 0.231 e. The molecule has 0 bridgehead atoms. The lowest BCUT2D eigenvalue weighted by atomic mass is 10.0. The van der Waals surface area contributed by atoms with Gasteiger partial charge in [0.1, 0.15) is 5.75 Å². The number of amides is 1. The molecule has 0 saturated heterocycles. The van der Waals surface area contributed by atoms with Gasteiger partial charge in [-0.15, -0.1) is 21.5 Å². The van der Waals surface area contributed by atoms with Gasteiger partial charge in [-0.25, -0.2) is 0 Å². The number of nitrogens with one attached hydrogen (secondary N) is 1.